The minimum absolute atomic E-state index is 0.223. The molecule has 6 heteroatoms. The second kappa shape index (κ2) is 7.19. The van der Waals surface area contributed by atoms with Gasteiger partial charge in [0.25, 0.3) is 0 Å². The Morgan fingerprint density at radius 3 is 2.38 bits per heavy atom. The number of primary amides is 1. The Hall–Kier alpha value is -1.92. The van der Waals surface area contributed by atoms with Crippen LogP contribution < -0.4 is 11.1 Å². The molecule has 1 fully saturated rings. The fourth-order valence-electron chi connectivity index (χ4n) is 2.51. The maximum absolute atomic E-state index is 11.5. The smallest absolute Gasteiger partial charge is 0.318 e. The summed E-state index contributed by atoms with van der Waals surface area (Å²) in [5.41, 5.74) is 7.57. The standard InChI is InChI=1S/C15H22N4O2/c1-12-4-2-3-5-13(12)10-18-6-8-19(9-7-18)11-14(20)17-15(16)21/h2-5H,6-11H2,1H3,(H3,16,17,20,21). The lowest BCUT2D eigenvalue weighted by Crippen LogP contribution is -2.50. The fourth-order valence-corrected chi connectivity index (χ4v) is 2.51. The quantitative estimate of drug-likeness (QED) is 0.836. The van der Waals surface area contributed by atoms with Gasteiger partial charge in [0.05, 0.1) is 6.54 Å². The highest BCUT2D eigenvalue weighted by Gasteiger charge is 2.19. The van der Waals surface area contributed by atoms with Crippen LogP contribution in [0.1, 0.15) is 11.1 Å². The van der Waals surface area contributed by atoms with E-state index < -0.39 is 6.03 Å². The van der Waals surface area contributed by atoms with Crippen molar-refractivity contribution in [2.45, 2.75) is 13.5 Å². The molecule has 0 saturated carbocycles. The Balaban J connectivity index is 1.77. The summed E-state index contributed by atoms with van der Waals surface area (Å²) in [6, 6.07) is 7.60. The zero-order valence-electron chi connectivity index (χ0n) is 12.3. The van der Waals surface area contributed by atoms with Crippen LogP contribution in [0.4, 0.5) is 4.79 Å². The van der Waals surface area contributed by atoms with Crippen molar-refractivity contribution in [2.75, 3.05) is 32.7 Å². The van der Waals surface area contributed by atoms with Gasteiger partial charge < -0.3 is 5.73 Å². The lowest BCUT2D eigenvalue weighted by molar-refractivity contribution is -0.121. The minimum atomic E-state index is -0.793. The summed E-state index contributed by atoms with van der Waals surface area (Å²) in [6.07, 6.45) is 0. The van der Waals surface area contributed by atoms with Crippen molar-refractivity contribution in [3.63, 3.8) is 0 Å². The maximum atomic E-state index is 11.5. The average molecular weight is 290 g/mol. The van der Waals surface area contributed by atoms with Crippen LogP contribution >= 0.6 is 0 Å². The molecule has 0 bridgehead atoms. The van der Waals surface area contributed by atoms with Gasteiger partial charge in [0.15, 0.2) is 0 Å². The molecular weight excluding hydrogens is 268 g/mol. The number of nitrogens with zero attached hydrogens (tertiary/aromatic N) is 2. The third kappa shape index (κ3) is 4.84. The number of piperazine rings is 1. The van der Waals surface area contributed by atoms with E-state index >= 15 is 0 Å². The van der Waals surface area contributed by atoms with Crippen LogP contribution in [0.3, 0.4) is 0 Å². The summed E-state index contributed by atoms with van der Waals surface area (Å²) >= 11 is 0. The molecule has 1 aromatic rings. The normalized spacial score (nSPS) is 16.6. The van der Waals surface area contributed by atoms with E-state index in [0.29, 0.717) is 0 Å². The van der Waals surface area contributed by atoms with Gasteiger partial charge in [0, 0.05) is 32.7 Å². The molecule has 1 aliphatic rings. The highest BCUT2D eigenvalue weighted by Crippen LogP contribution is 2.12. The van der Waals surface area contributed by atoms with Gasteiger partial charge in [-0.2, -0.15) is 0 Å². The summed E-state index contributed by atoms with van der Waals surface area (Å²) < 4.78 is 0. The van der Waals surface area contributed by atoms with Crippen LogP contribution in [0.15, 0.2) is 24.3 Å². The van der Waals surface area contributed by atoms with Crippen molar-refractivity contribution in [1.82, 2.24) is 15.1 Å². The van der Waals surface area contributed by atoms with Gasteiger partial charge >= 0.3 is 6.03 Å². The second-order valence-electron chi connectivity index (χ2n) is 5.39. The predicted octanol–water partition coefficient (Wildman–Crippen LogP) is 0.308. The molecular formula is C15H22N4O2. The van der Waals surface area contributed by atoms with Crippen molar-refractivity contribution in [3.05, 3.63) is 35.4 Å². The van der Waals surface area contributed by atoms with Gasteiger partial charge in [-0.1, -0.05) is 24.3 Å². The van der Waals surface area contributed by atoms with E-state index in [4.69, 9.17) is 5.73 Å². The van der Waals surface area contributed by atoms with E-state index in [1.165, 1.54) is 11.1 Å². The molecule has 0 radical (unpaired) electrons. The third-order valence-corrected chi connectivity index (χ3v) is 3.75. The first kappa shape index (κ1) is 15.5. The maximum Gasteiger partial charge on any atom is 0.318 e. The monoisotopic (exact) mass is 290 g/mol. The van der Waals surface area contributed by atoms with Gasteiger partial charge in [-0.3, -0.25) is 19.9 Å². The van der Waals surface area contributed by atoms with Crippen LogP contribution in [-0.4, -0.2) is 54.5 Å². The summed E-state index contributed by atoms with van der Waals surface area (Å²) in [6.45, 7) is 6.75. The molecule has 1 saturated heterocycles. The van der Waals surface area contributed by atoms with Crippen LogP contribution in [-0.2, 0) is 11.3 Å². The van der Waals surface area contributed by atoms with E-state index in [-0.39, 0.29) is 12.5 Å². The molecule has 3 amide bonds. The number of carbonyl (C=O) groups excluding carboxylic acids is 2. The molecule has 114 valence electrons. The molecule has 0 unspecified atom stereocenters. The van der Waals surface area contributed by atoms with Gasteiger partial charge in [-0.25, -0.2) is 4.79 Å². The fraction of sp³-hybridized carbons (Fsp3) is 0.467. The lowest BCUT2D eigenvalue weighted by Gasteiger charge is -2.34. The SMILES string of the molecule is Cc1ccccc1CN1CCN(CC(=O)NC(N)=O)CC1. The van der Waals surface area contributed by atoms with E-state index in [1.54, 1.807) is 0 Å². The third-order valence-electron chi connectivity index (χ3n) is 3.75. The first-order valence-corrected chi connectivity index (χ1v) is 7.13. The molecule has 0 aromatic heterocycles. The zero-order chi connectivity index (χ0) is 15.2. The number of hydrogen-bond acceptors (Lipinski definition) is 4. The summed E-state index contributed by atoms with van der Waals surface area (Å²) in [7, 11) is 0. The van der Waals surface area contributed by atoms with Crippen LogP contribution in [0.5, 0.6) is 0 Å². The number of carbonyl (C=O) groups is 2. The molecule has 0 atom stereocenters. The second-order valence-corrected chi connectivity index (χ2v) is 5.39. The number of benzene rings is 1. The number of nitrogens with one attached hydrogen (secondary N) is 1. The Bertz CT molecular complexity index is 510. The Morgan fingerprint density at radius 1 is 1.14 bits per heavy atom. The predicted molar refractivity (Wildman–Crippen MR) is 80.6 cm³/mol. The molecule has 0 spiro atoms. The molecule has 3 N–H and O–H groups in total. The van der Waals surface area contributed by atoms with Gasteiger partial charge in [0.2, 0.25) is 5.91 Å². The summed E-state index contributed by atoms with van der Waals surface area (Å²) in [5.74, 6) is -0.338. The summed E-state index contributed by atoms with van der Waals surface area (Å²) in [4.78, 5) is 26.5. The van der Waals surface area contributed by atoms with Crippen molar-refractivity contribution in [3.8, 4) is 0 Å². The van der Waals surface area contributed by atoms with E-state index in [2.05, 4.69) is 35.3 Å². The number of urea groups is 1. The van der Waals surface area contributed by atoms with E-state index in [1.807, 2.05) is 11.0 Å². The number of hydrogen-bond donors (Lipinski definition) is 2. The van der Waals surface area contributed by atoms with Crippen LogP contribution in [0.25, 0.3) is 0 Å². The molecule has 21 heavy (non-hydrogen) atoms. The number of nitrogens with two attached hydrogens (primary N) is 1. The number of rotatable bonds is 4. The van der Waals surface area contributed by atoms with E-state index in [0.717, 1.165) is 32.7 Å². The molecule has 0 aliphatic carbocycles. The Labute approximate surface area is 124 Å². The van der Waals surface area contributed by atoms with Crippen molar-refractivity contribution < 1.29 is 9.59 Å². The summed E-state index contributed by atoms with van der Waals surface area (Å²) in [5, 5.41) is 2.09. The highest BCUT2D eigenvalue weighted by atomic mass is 16.2. The minimum Gasteiger partial charge on any atom is -0.351 e. The molecule has 6 nitrogen and oxygen atoms in total. The average Bonchev–Trinajstić information content (AvgIpc) is 2.42. The van der Waals surface area contributed by atoms with E-state index in [9.17, 15) is 9.59 Å². The van der Waals surface area contributed by atoms with Gasteiger partial charge in [-0.15, -0.1) is 0 Å². The first-order chi connectivity index (χ1) is 10.0. The molecule has 1 heterocycles. The number of aryl methyl sites for hydroxylation is 1. The lowest BCUT2D eigenvalue weighted by atomic mass is 10.1. The molecule has 1 aromatic carbocycles. The largest absolute Gasteiger partial charge is 0.351 e. The van der Waals surface area contributed by atoms with Crippen molar-refractivity contribution in [1.29, 1.82) is 0 Å². The Morgan fingerprint density at radius 2 is 1.76 bits per heavy atom. The topological polar surface area (TPSA) is 78.7 Å². The number of amides is 3. The van der Waals surface area contributed by atoms with Gasteiger partial charge in [-0.05, 0) is 18.1 Å². The Kier molecular flexibility index (Phi) is 5.30. The van der Waals surface area contributed by atoms with Crippen LogP contribution in [0, 0.1) is 6.92 Å². The first-order valence-electron chi connectivity index (χ1n) is 7.13. The molecule has 1 aliphatic heterocycles. The van der Waals surface area contributed by atoms with Crippen molar-refractivity contribution >= 4 is 11.9 Å². The highest BCUT2D eigenvalue weighted by molar-refractivity contribution is 5.94. The van der Waals surface area contributed by atoms with Crippen molar-refractivity contribution in [2.24, 2.45) is 5.73 Å². The number of imide groups is 1. The van der Waals surface area contributed by atoms with Crippen LogP contribution in [0.2, 0.25) is 0 Å². The zero-order valence-corrected chi connectivity index (χ0v) is 12.3. The molecule has 2 rings (SSSR count). The van der Waals surface area contributed by atoms with Gasteiger partial charge in [0.1, 0.15) is 0 Å².